The van der Waals surface area contributed by atoms with E-state index in [9.17, 15) is 27.2 Å². The molecule has 2 aromatic carbocycles. The van der Waals surface area contributed by atoms with E-state index in [0.29, 0.717) is 4.47 Å². The number of hydrogen-bond donors (Lipinski definition) is 1. The van der Waals surface area contributed by atoms with Crippen LogP contribution in [0.3, 0.4) is 0 Å². The van der Waals surface area contributed by atoms with E-state index in [4.69, 9.17) is 4.74 Å². The Morgan fingerprint density at radius 1 is 1.18 bits per heavy atom. The smallest absolute Gasteiger partial charge is 0.418 e. The highest BCUT2D eigenvalue weighted by Crippen LogP contribution is 2.34. The molecular formula is C18H15BrF4N2O3. The van der Waals surface area contributed by atoms with Crippen LogP contribution < -0.4 is 10.1 Å². The molecule has 0 saturated carbocycles. The molecule has 2 rings (SSSR count). The van der Waals surface area contributed by atoms with Crippen LogP contribution in [0, 0.1) is 5.82 Å². The van der Waals surface area contributed by atoms with Gasteiger partial charge in [-0.15, -0.1) is 0 Å². The van der Waals surface area contributed by atoms with Gasteiger partial charge in [0.2, 0.25) is 5.91 Å². The zero-order valence-electron chi connectivity index (χ0n) is 14.5. The van der Waals surface area contributed by atoms with Crippen LogP contribution in [0.25, 0.3) is 0 Å². The molecule has 0 bridgehead atoms. The van der Waals surface area contributed by atoms with Gasteiger partial charge in [0.15, 0.2) is 18.2 Å². The van der Waals surface area contributed by atoms with Gasteiger partial charge in [-0.1, -0.05) is 28.1 Å². The summed E-state index contributed by atoms with van der Waals surface area (Å²) >= 11 is 3.09. The van der Waals surface area contributed by atoms with Crippen molar-refractivity contribution in [1.29, 1.82) is 0 Å². The predicted octanol–water partition coefficient (Wildman–Crippen LogP) is 4.08. The quantitative estimate of drug-likeness (QED) is 0.658. The van der Waals surface area contributed by atoms with Crippen molar-refractivity contribution < 1.29 is 31.9 Å². The van der Waals surface area contributed by atoms with Crippen LogP contribution in [0.5, 0.6) is 5.75 Å². The van der Waals surface area contributed by atoms with Crippen LogP contribution in [-0.2, 0) is 15.8 Å². The number of nitrogens with one attached hydrogen (secondary N) is 1. The van der Waals surface area contributed by atoms with Crippen molar-refractivity contribution in [1.82, 2.24) is 4.90 Å². The molecule has 0 atom stereocenters. The van der Waals surface area contributed by atoms with Gasteiger partial charge < -0.3 is 15.0 Å². The number of halogens is 5. The van der Waals surface area contributed by atoms with Crippen molar-refractivity contribution in [2.75, 3.05) is 25.5 Å². The second-order valence-corrected chi connectivity index (χ2v) is 6.62. The van der Waals surface area contributed by atoms with Gasteiger partial charge in [-0.2, -0.15) is 13.2 Å². The summed E-state index contributed by atoms with van der Waals surface area (Å²) in [5.41, 5.74) is -1.40. The van der Waals surface area contributed by atoms with Crippen LogP contribution >= 0.6 is 15.9 Å². The summed E-state index contributed by atoms with van der Waals surface area (Å²) in [6.45, 7) is -1.04. The maximum absolute atomic E-state index is 13.7. The normalized spacial score (nSPS) is 11.1. The highest BCUT2D eigenvalue weighted by molar-refractivity contribution is 9.10. The highest BCUT2D eigenvalue weighted by Gasteiger charge is 2.33. The Labute approximate surface area is 166 Å². The van der Waals surface area contributed by atoms with Crippen LogP contribution in [0.4, 0.5) is 23.2 Å². The number of amides is 2. The van der Waals surface area contributed by atoms with Crippen molar-refractivity contribution in [2.24, 2.45) is 0 Å². The van der Waals surface area contributed by atoms with E-state index in [1.807, 2.05) is 0 Å². The minimum atomic E-state index is -4.63. The lowest BCUT2D eigenvalue weighted by atomic mass is 10.1. The van der Waals surface area contributed by atoms with E-state index in [1.54, 1.807) is 0 Å². The first-order valence-electron chi connectivity index (χ1n) is 7.86. The summed E-state index contributed by atoms with van der Waals surface area (Å²) in [6, 6.07) is 8.51. The molecule has 0 heterocycles. The van der Waals surface area contributed by atoms with Gasteiger partial charge in [-0.05, 0) is 30.3 Å². The molecule has 1 N–H and O–H groups in total. The van der Waals surface area contributed by atoms with E-state index < -0.39 is 48.2 Å². The lowest BCUT2D eigenvalue weighted by Gasteiger charge is -2.18. The number of likely N-dealkylation sites (N-methyl/N-ethyl adjacent to an activating group) is 1. The van der Waals surface area contributed by atoms with E-state index in [2.05, 4.69) is 21.2 Å². The van der Waals surface area contributed by atoms with Crippen LogP contribution in [0.1, 0.15) is 5.56 Å². The molecule has 5 nitrogen and oxygen atoms in total. The molecule has 0 aliphatic carbocycles. The molecule has 0 aliphatic rings. The molecule has 10 heteroatoms. The SMILES string of the molecule is CN(CC(=O)Nc1ccccc1C(F)(F)F)C(=O)COc1ccc(Br)cc1F. The highest BCUT2D eigenvalue weighted by atomic mass is 79.9. The standard InChI is InChI=1S/C18H15BrF4N2O3/c1-25(17(27)10-28-15-7-6-11(19)8-13(15)20)9-16(26)24-14-5-3-2-4-12(14)18(21,22)23/h2-8H,9-10H2,1H3,(H,24,26). The third-order valence-corrected chi connectivity index (χ3v) is 4.05. The summed E-state index contributed by atoms with van der Waals surface area (Å²) in [4.78, 5) is 25.0. The zero-order chi connectivity index (χ0) is 20.9. The third-order valence-electron chi connectivity index (χ3n) is 3.56. The van der Waals surface area contributed by atoms with Crippen molar-refractivity contribution >= 4 is 33.4 Å². The van der Waals surface area contributed by atoms with E-state index in [1.165, 1.54) is 31.3 Å². The number of nitrogens with zero attached hydrogens (tertiary/aromatic N) is 1. The van der Waals surface area contributed by atoms with Gasteiger partial charge in [0.1, 0.15) is 0 Å². The van der Waals surface area contributed by atoms with Crippen molar-refractivity contribution in [3.05, 3.63) is 58.3 Å². The first-order chi connectivity index (χ1) is 13.1. The maximum atomic E-state index is 13.7. The second-order valence-electron chi connectivity index (χ2n) is 5.70. The minimum Gasteiger partial charge on any atom is -0.481 e. The molecule has 0 fully saturated rings. The largest absolute Gasteiger partial charge is 0.481 e. The molecule has 0 spiro atoms. The van der Waals surface area contributed by atoms with Gasteiger partial charge in [0.05, 0.1) is 17.8 Å². The number of carbonyl (C=O) groups is 2. The first kappa shape index (κ1) is 21.7. The number of anilines is 1. The fourth-order valence-corrected chi connectivity index (χ4v) is 2.51. The Morgan fingerprint density at radius 3 is 2.50 bits per heavy atom. The number of rotatable bonds is 6. The molecule has 0 aliphatic heterocycles. The zero-order valence-corrected chi connectivity index (χ0v) is 16.1. The summed E-state index contributed by atoms with van der Waals surface area (Å²) in [7, 11) is 1.28. The Kier molecular flexibility index (Phi) is 7.00. The number of para-hydroxylation sites is 1. The van der Waals surface area contributed by atoms with E-state index in [0.717, 1.165) is 23.1 Å². The maximum Gasteiger partial charge on any atom is 0.418 e. The fraction of sp³-hybridized carbons (Fsp3) is 0.222. The number of hydrogen-bond acceptors (Lipinski definition) is 3. The van der Waals surface area contributed by atoms with Gasteiger partial charge in [-0.3, -0.25) is 9.59 Å². The van der Waals surface area contributed by atoms with Crippen LogP contribution in [-0.4, -0.2) is 36.9 Å². The van der Waals surface area contributed by atoms with E-state index >= 15 is 0 Å². The third kappa shape index (κ3) is 5.95. The molecular weight excluding hydrogens is 448 g/mol. The minimum absolute atomic E-state index is 0.145. The predicted molar refractivity (Wildman–Crippen MR) is 97.3 cm³/mol. The van der Waals surface area contributed by atoms with Crippen molar-refractivity contribution in [3.8, 4) is 5.75 Å². The van der Waals surface area contributed by atoms with Crippen LogP contribution in [0.15, 0.2) is 46.9 Å². The van der Waals surface area contributed by atoms with Gasteiger partial charge >= 0.3 is 6.18 Å². The monoisotopic (exact) mass is 462 g/mol. The molecule has 2 aromatic rings. The number of alkyl halides is 3. The van der Waals surface area contributed by atoms with Gasteiger partial charge in [0, 0.05) is 11.5 Å². The average Bonchev–Trinajstić information content (AvgIpc) is 2.60. The molecule has 0 radical (unpaired) electrons. The molecule has 0 unspecified atom stereocenters. The Morgan fingerprint density at radius 2 is 1.86 bits per heavy atom. The summed E-state index contributed by atoms with van der Waals surface area (Å²) in [5, 5.41) is 2.13. The molecule has 0 saturated heterocycles. The molecule has 2 amide bonds. The Bertz CT molecular complexity index is 874. The molecule has 0 aromatic heterocycles. The lowest BCUT2D eigenvalue weighted by molar-refractivity contribution is -0.137. The number of benzene rings is 2. The van der Waals surface area contributed by atoms with E-state index in [-0.39, 0.29) is 5.75 Å². The summed E-state index contributed by atoms with van der Waals surface area (Å²) in [6.07, 6.45) is -4.63. The van der Waals surface area contributed by atoms with Crippen LogP contribution in [0.2, 0.25) is 0 Å². The molecule has 150 valence electrons. The number of ether oxygens (including phenoxy) is 1. The average molecular weight is 463 g/mol. The lowest BCUT2D eigenvalue weighted by Crippen LogP contribution is -2.37. The summed E-state index contributed by atoms with van der Waals surface area (Å²) < 4.78 is 58.0. The topological polar surface area (TPSA) is 58.6 Å². The van der Waals surface area contributed by atoms with Crippen molar-refractivity contribution in [2.45, 2.75) is 6.18 Å². The fourth-order valence-electron chi connectivity index (χ4n) is 2.17. The Balaban J connectivity index is 1.92. The first-order valence-corrected chi connectivity index (χ1v) is 8.65. The Hall–Kier alpha value is -2.62. The van der Waals surface area contributed by atoms with Gasteiger partial charge in [0.25, 0.3) is 5.91 Å². The number of carbonyl (C=O) groups excluding carboxylic acids is 2. The summed E-state index contributed by atoms with van der Waals surface area (Å²) in [5.74, 6) is -2.29. The second kappa shape index (κ2) is 9.05. The van der Waals surface area contributed by atoms with Crippen molar-refractivity contribution in [3.63, 3.8) is 0 Å². The van der Waals surface area contributed by atoms with Gasteiger partial charge in [-0.25, -0.2) is 4.39 Å². The molecule has 28 heavy (non-hydrogen) atoms.